The van der Waals surface area contributed by atoms with E-state index in [0.29, 0.717) is 24.7 Å². The topological polar surface area (TPSA) is 61.8 Å². The molecule has 1 heterocycles. The van der Waals surface area contributed by atoms with Crippen LogP contribution in [0.15, 0.2) is 0 Å². The van der Waals surface area contributed by atoms with E-state index in [0.717, 1.165) is 38.8 Å². The molecular weight excluding hydrogens is 268 g/mol. The van der Waals surface area contributed by atoms with Crippen LogP contribution >= 0.6 is 0 Å². The summed E-state index contributed by atoms with van der Waals surface area (Å²) in [6.07, 6.45) is 7.63. The van der Waals surface area contributed by atoms with Crippen molar-refractivity contribution in [1.82, 2.24) is 10.2 Å². The van der Waals surface area contributed by atoms with Crippen molar-refractivity contribution in [2.24, 2.45) is 0 Å². The monoisotopic (exact) mass is 296 g/mol. The molecule has 4 atom stereocenters. The Kier molecular flexibility index (Phi) is 4.52. The minimum atomic E-state index is -0.718. The fraction of sp³-hybridized carbons (Fsp3) is 0.938. The van der Waals surface area contributed by atoms with Gasteiger partial charge in [0.25, 0.3) is 0 Å². The van der Waals surface area contributed by atoms with E-state index >= 15 is 0 Å². The molecule has 2 aliphatic carbocycles. The predicted octanol–water partition coefficient (Wildman–Crippen LogP) is 1.62. The summed E-state index contributed by atoms with van der Waals surface area (Å²) in [6.45, 7) is 4.48. The zero-order chi connectivity index (χ0) is 14.9. The van der Waals surface area contributed by atoms with Crippen LogP contribution in [0.1, 0.15) is 51.9 Å². The Labute approximate surface area is 127 Å². The van der Waals surface area contributed by atoms with Crippen molar-refractivity contribution in [1.29, 1.82) is 0 Å². The van der Waals surface area contributed by atoms with Gasteiger partial charge in [0, 0.05) is 18.6 Å². The van der Waals surface area contributed by atoms with Crippen molar-refractivity contribution in [3.8, 4) is 0 Å². The van der Waals surface area contributed by atoms with Gasteiger partial charge in [-0.15, -0.1) is 0 Å². The Morgan fingerprint density at radius 3 is 3.00 bits per heavy atom. The van der Waals surface area contributed by atoms with E-state index in [-0.39, 0.29) is 0 Å². The molecule has 1 aliphatic heterocycles. The Hall–Kier alpha value is -0.650. The van der Waals surface area contributed by atoms with Gasteiger partial charge in [0.05, 0.1) is 12.7 Å². The Balaban J connectivity index is 1.74. The van der Waals surface area contributed by atoms with Crippen LogP contribution in [0.25, 0.3) is 0 Å². The molecule has 0 radical (unpaired) electrons. The van der Waals surface area contributed by atoms with Crippen LogP contribution in [-0.2, 0) is 9.53 Å². The van der Waals surface area contributed by atoms with Crippen LogP contribution in [0.2, 0.25) is 0 Å². The number of rotatable bonds is 4. The van der Waals surface area contributed by atoms with Crippen molar-refractivity contribution < 1.29 is 14.6 Å². The summed E-state index contributed by atoms with van der Waals surface area (Å²) in [5, 5.41) is 13.0. The number of aliphatic carboxylic acids is 1. The first-order chi connectivity index (χ1) is 10.2. The zero-order valence-electron chi connectivity index (χ0n) is 13.0. The number of fused-ring (bicyclic) bond motifs is 1. The summed E-state index contributed by atoms with van der Waals surface area (Å²) < 4.78 is 5.90. The maximum absolute atomic E-state index is 11.8. The summed E-state index contributed by atoms with van der Waals surface area (Å²) in [7, 11) is 0. The van der Waals surface area contributed by atoms with Gasteiger partial charge < -0.3 is 15.2 Å². The van der Waals surface area contributed by atoms with Gasteiger partial charge in [-0.2, -0.15) is 0 Å². The first-order valence-corrected chi connectivity index (χ1v) is 8.52. The van der Waals surface area contributed by atoms with E-state index in [9.17, 15) is 9.90 Å². The average molecular weight is 296 g/mol. The van der Waals surface area contributed by atoms with E-state index in [4.69, 9.17) is 4.74 Å². The van der Waals surface area contributed by atoms with Crippen LogP contribution in [0.4, 0.5) is 0 Å². The third-order valence-corrected chi connectivity index (χ3v) is 5.64. The molecule has 21 heavy (non-hydrogen) atoms. The molecule has 3 rings (SSSR count). The third kappa shape index (κ3) is 2.83. The second-order valence-electron chi connectivity index (χ2n) is 6.81. The molecule has 3 aliphatic rings. The van der Waals surface area contributed by atoms with Crippen LogP contribution in [0, 0.1) is 0 Å². The fourth-order valence-corrected chi connectivity index (χ4v) is 4.71. The number of carboxylic acids is 1. The van der Waals surface area contributed by atoms with E-state index in [1.54, 1.807) is 0 Å². The lowest BCUT2D eigenvalue weighted by Gasteiger charge is -2.47. The Morgan fingerprint density at radius 2 is 2.24 bits per heavy atom. The Morgan fingerprint density at radius 1 is 1.38 bits per heavy atom. The fourth-order valence-electron chi connectivity index (χ4n) is 4.71. The molecule has 2 N–H and O–H groups in total. The molecule has 5 nitrogen and oxygen atoms in total. The normalized spacial score (nSPS) is 40.9. The molecule has 0 aromatic rings. The molecule has 5 heteroatoms. The predicted molar refractivity (Wildman–Crippen MR) is 80.4 cm³/mol. The smallest absolute Gasteiger partial charge is 0.323 e. The van der Waals surface area contributed by atoms with Crippen molar-refractivity contribution in [2.45, 2.75) is 75.6 Å². The third-order valence-electron chi connectivity index (χ3n) is 5.64. The highest BCUT2D eigenvalue weighted by Crippen LogP contribution is 2.37. The number of ether oxygens (including phenoxy) is 1. The number of morpholine rings is 1. The number of carboxylic acid groups (broad SMARTS) is 1. The molecule has 2 saturated carbocycles. The first kappa shape index (κ1) is 15.3. The van der Waals surface area contributed by atoms with Gasteiger partial charge in [0.2, 0.25) is 0 Å². The summed E-state index contributed by atoms with van der Waals surface area (Å²) in [5.41, 5.74) is -0.718. The quantitative estimate of drug-likeness (QED) is 0.825. The lowest BCUT2D eigenvalue weighted by atomic mass is 9.77. The summed E-state index contributed by atoms with van der Waals surface area (Å²) in [4.78, 5) is 14.4. The van der Waals surface area contributed by atoms with Gasteiger partial charge in [-0.3, -0.25) is 9.69 Å². The maximum Gasteiger partial charge on any atom is 0.323 e. The van der Waals surface area contributed by atoms with E-state index in [1.807, 2.05) is 6.92 Å². The largest absolute Gasteiger partial charge is 0.480 e. The van der Waals surface area contributed by atoms with Crippen LogP contribution in [0.3, 0.4) is 0 Å². The molecule has 1 saturated heterocycles. The molecule has 0 bridgehead atoms. The lowest BCUT2D eigenvalue weighted by molar-refractivity contribution is -0.149. The number of carbonyl (C=O) groups is 1. The second-order valence-corrected chi connectivity index (χ2v) is 6.81. The summed E-state index contributed by atoms with van der Waals surface area (Å²) in [6, 6.07) is 0.915. The summed E-state index contributed by atoms with van der Waals surface area (Å²) >= 11 is 0. The van der Waals surface area contributed by atoms with Gasteiger partial charge >= 0.3 is 5.97 Å². The highest BCUT2D eigenvalue weighted by Gasteiger charge is 2.47. The molecule has 0 amide bonds. The van der Waals surface area contributed by atoms with E-state index in [1.165, 1.54) is 19.3 Å². The second kappa shape index (κ2) is 6.23. The van der Waals surface area contributed by atoms with E-state index < -0.39 is 11.5 Å². The Bertz CT molecular complexity index is 386. The van der Waals surface area contributed by atoms with Gasteiger partial charge in [0.1, 0.15) is 5.54 Å². The molecule has 0 aromatic carbocycles. The van der Waals surface area contributed by atoms with E-state index in [2.05, 4.69) is 10.2 Å². The maximum atomic E-state index is 11.8. The van der Waals surface area contributed by atoms with Gasteiger partial charge in [-0.05, 0) is 51.5 Å². The number of hydrogen-bond acceptors (Lipinski definition) is 4. The number of nitrogens with zero attached hydrogens (tertiary/aromatic N) is 1. The van der Waals surface area contributed by atoms with Crippen LogP contribution < -0.4 is 5.32 Å². The SMILES string of the molecule is CCNC1(C(=O)O)CCCC(N2CCOC3CCCC32)C1. The van der Waals surface area contributed by atoms with Gasteiger partial charge in [-0.1, -0.05) is 6.92 Å². The highest BCUT2D eigenvalue weighted by atomic mass is 16.5. The van der Waals surface area contributed by atoms with Crippen molar-refractivity contribution in [2.75, 3.05) is 19.7 Å². The minimum Gasteiger partial charge on any atom is -0.480 e. The molecule has 4 unspecified atom stereocenters. The molecular formula is C16H28N2O3. The number of hydrogen-bond donors (Lipinski definition) is 2. The van der Waals surface area contributed by atoms with Crippen LogP contribution in [0.5, 0.6) is 0 Å². The van der Waals surface area contributed by atoms with Crippen molar-refractivity contribution >= 4 is 5.97 Å². The first-order valence-electron chi connectivity index (χ1n) is 8.52. The standard InChI is InChI=1S/C16H28N2O3/c1-2-17-16(15(19)20)8-4-5-12(11-16)18-9-10-21-14-7-3-6-13(14)18/h12-14,17H,2-11H2,1H3,(H,19,20). The van der Waals surface area contributed by atoms with Gasteiger partial charge in [-0.25, -0.2) is 0 Å². The molecule has 0 aromatic heterocycles. The van der Waals surface area contributed by atoms with Crippen molar-refractivity contribution in [3.63, 3.8) is 0 Å². The zero-order valence-corrected chi connectivity index (χ0v) is 13.0. The van der Waals surface area contributed by atoms with Gasteiger partial charge in [0.15, 0.2) is 0 Å². The lowest BCUT2D eigenvalue weighted by Crippen LogP contribution is -2.61. The number of likely N-dealkylation sites (N-methyl/N-ethyl adjacent to an activating group) is 1. The molecule has 120 valence electrons. The molecule has 0 spiro atoms. The molecule has 3 fully saturated rings. The highest BCUT2D eigenvalue weighted by molar-refractivity contribution is 5.79. The number of nitrogens with one attached hydrogen (secondary N) is 1. The van der Waals surface area contributed by atoms with Crippen LogP contribution in [-0.4, -0.2) is 59.4 Å². The van der Waals surface area contributed by atoms with Crippen molar-refractivity contribution in [3.05, 3.63) is 0 Å². The average Bonchev–Trinajstić information content (AvgIpc) is 2.96. The minimum absolute atomic E-state index is 0.388. The summed E-state index contributed by atoms with van der Waals surface area (Å²) in [5.74, 6) is -0.676.